The number of carbonyl (C=O) groups excluding carboxylic acids is 2. The van der Waals surface area contributed by atoms with E-state index in [0.717, 1.165) is 30.7 Å². The number of benzene rings is 2. The van der Waals surface area contributed by atoms with Crippen molar-refractivity contribution in [1.29, 1.82) is 0 Å². The molecule has 32 heavy (non-hydrogen) atoms. The number of urea groups is 1. The van der Waals surface area contributed by atoms with Crippen molar-refractivity contribution in [3.8, 4) is 5.75 Å². The number of nitrogens with one attached hydrogen (secondary N) is 1. The Hall–Kier alpha value is -2.38. The highest BCUT2D eigenvalue weighted by Gasteiger charge is 2.46. The van der Waals surface area contributed by atoms with Gasteiger partial charge in [0.05, 0.1) is 4.87 Å². The second-order valence-electron chi connectivity index (χ2n) is 8.05. The summed E-state index contributed by atoms with van der Waals surface area (Å²) in [5.74, 6) is 1.52. The van der Waals surface area contributed by atoms with Crippen LogP contribution in [-0.4, -0.2) is 58.6 Å². The first-order valence-electron chi connectivity index (χ1n) is 11.0. The molecule has 0 unspecified atom stereocenters. The predicted octanol–water partition coefficient (Wildman–Crippen LogP) is 4.88. The molecule has 4 rings (SSSR count). The lowest BCUT2D eigenvalue weighted by molar-refractivity contribution is -0.136. The van der Waals surface area contributed by atoms with Crippen molar-refractivity contribution in [3.63, 3.8) is 0 Å². The molecule has 1 N–H and O–H groups in total. The zero-order chi connectivity index (χ0) is 22.6. The summed E-state index contributed by atoms with van der Waals surface area (Å²) in [6.45, 7) is 4.06. The first kappa shape index (κ1) is 22.8. The van der Waals surface area contributed by atoms with Crippen LogP contribution in [0.3, 0.4) is 0 Å². The maximum atomic E-state index is 12.9. The van der Waals surface area contributed by atoms with Crippen LogP contribution in [0.2, 0.25) is 5.02 Å². The Morgan fingerprint density at radius 2 is 1.75 bits per heavy atom. The van der Waals surface area contributed by atoms with E-state index >= 15 is 0 Å². The lowest BCUT2D eigenvalue weighted by Crippen LogP contribution is -2.55. The van der Waals surface area contributed by atoms with Gasteiger partial charge in [-0.25, -0.2) is 4.79 Å². The molecule has 2 aromatic rings. The Bertz CT molecular complexity index is 944. The van der Waals surface area contributed by atoms with E-state index in [1.54, 1.807) is 24.3 Å². The van der Waals surface area contributed by atoms with Crippen molar-refractivity contribution in [1.82, 2.24) is 9.80 Å². The third kappa shape index (κ3) is 5.15. The molecule has 2 aliphatic rings. The van der Waals surface area contributed by atoms with Gasteiger partial charge in [0.15, 0.2) is 6.61 Å². The van der Waals surface area contributed by atoms with Gasteiger partial charge in [0, 0.05) is 36.1 Å². The number of likely N-dealkylation sites (tertiary alicyclic amines) is 1. The summed E-state index contributed by atoms with van der Waals surface area (Å²) in [5.41, 5.74) is 2.05. The number of thioether (sulfide) groups is 1. The van der Waals surface area contributed by atoms with Gasteiger partial charge in [-0.05, 0) is 61.2 Å². The molecular formula is C24H28ClN3O3S. The number of aryl methyl sites for hydroxylation is 1. The summed E-state index contributed by atoms with van der Waals surface area (Å²) in [5, 5.41) is 3.62. The number of carbonyl (C=O) groups is 2. The first-order chi connectivity index (χ1) is 15.5. The Morgan fingerprint density at radius 1 is 1.06 bits per heavy atom. The normalized spacial score (nSPS) is 17.4. The molecular weight excluding hydrogens is 446 g/mol. The maximum Gasteiger partial charge on any atom is 0.321 e. The molecule has 2 aromatic carbocycles. The van der Waals surface area contributed by atoms with Crippen molar-refractivity contribution >= 4 is 41.0 Å². The molecule has 2 fully saturated rings. The Labute approximate surface area is 198 Å². The molecule has 1 spiro atoms. The second-order valence-corrected chi connectivity index (χ2v) is 9.94. The fourth-order valence-electron chi connectivity index (χ4n) is 4.21. The third-order valence-corrected chi connectivity index (χ3v) is 7.90. The number of halogens is 1. The maximum absolute atomic E-state index is 12.9. The van der Waals surface area contributed by atoms with Gasteiger partial charge in [0.2, 0.25) is 0 Å². The summed E-state index contributed by atoms with van der Waals surface area (Å²) in [7, 11) is 0. The highest BCUT2D eigenvalue weighted by atomic mass is 35.5. The molecule has 0 bridgehead atoms. The summed E-state index contributed by atoms with van der Waals surface area (Å²) in [6.07, 6.45) is 2.49. The van der Waals surface area contributed by atoms with Gasteiger partial charge in [0.1, 0.15) is 5.75 Å². The predicted molar refractivity (Wildman–Crippen MR) is 129 cm³/mol. The van der Waals surface area contributed by atoms with Gasteiger partial charge in [-0.1, -0.05) is 30.7 Å². The standard InChI is InChI=1S/C24H28ClN3O3S/c1-2-18-3-7-20(8-4-18)26-23(30)27-13-11-24(12-14-27)28(15-16-32-24)22(29)17-31-21-9-5-19(25)6-10-21/h3-10H,2,11-17H2,1H3,(H,26,30). The molecule has 2 aliphatic heterocycles. The van der Waals surface area contributed by atoms with Crippen LogP contribution in [0.25, 0.3) is 0 Å². The minimum Gasteiger partial charge on any atom is -0.484 e. The van der Waals surface area contributed by atoms with Gasteiger partial charge in [-0.3, -0.25) is 4.79 Å². The molecule has 170 valence electrons. The molecule has 2 heterocycles. The number of ether oxygens (including phenoxy) is 1. The van der Waals surface area contributed by atoms with Crippen LogP contribution in [0.15, 0.2) is 48.5 Å². The molecule has 0 atom stereocenters. The average Bonchev–Trinajstić information content (AvgIpc) is 3.22. The number of nitrogens with zero attached hydrogens (tertiary/aromatic N) is 2. The van der Waals surface area contributed by atoms with E-state index in [4.69, 9.17) is 16.3 Å². The number of hydrogen-bond donors (Lipinski definition) is 1. The fourth-order valence-corrected chi connectivity index (χ4v) is 5.81. The van der Waals surface area contributed by atoms with Crippen LogP contribution in [0, 0.1) is 0 Å². The van der Waals surface area contributed by atoms with Crippen LogP contribution in [0.5, 0.6) is 5.75 Å². The quantitative estimate of drug-likeness (QED) is 0.672. The van der Waals surface area contributed by atoms with Crippen LogP contribution in [0.4, 0.5) is 10.5 Å². The average molecular weight is 474 g/mol. The molecule has 2 saturated heterocycles. The molecule has 0 saturated carbocycles. The molecule has 8 heteroatoms. The third-order valence-electron chi connectivity index (χ3n) is 6.10. The highest BCUT2D eigenvalue weighted by molar-refractivity contribution is 8.00. The van der Waals surface area contributed by atoms with E-state index in [9.17, 15) is 9.59 Å². The van der Waals surface area contributed by atoms with Gasteiger partial charge >= 0.3 is 6.03 Å². The minimum atomic E-state index is -0.250. The number of amides is 3. The first-order valence-corrected chi connectivity index (χ1v) is 12.3. The second kappa shape index (κ2) is 10.0. The Kier molecular flexibility index (Phi) is 7.16. The highest BCUT2D eigenvalue weighted by Crippen LogP contribution is 2.44. The van der Waals surface area contributed by atoms with Gasteiger partial charge < -0.3 is 19.9 Å². The zero-order valence-corrected chi connectivity index (χ0v) is 19.8. The Balaban J connectivity index is 1.31. The summed E-state index contributed by atoms with van der Waals surface area (Å²) >= 11 is 7.72. The van der Waals surface area contributed by atoms with Crippen molar-refractivity contribution in [3.05, 3.63) is 59.1 Å². The van der Waals surface area contributed by atoms with E-state index in [0.29, 0.717) is 30.4 Å². The molecule has 3 amide bonds. The van der Waals surface area contributed by atoms with E-state index in [1.807, 2.05) is 45.8 Å². The molecule has 0 aromatic heterocycles. The zero-order valence-electron chi connectivity index (χ0n) is 18.2. The number of hydrogen-bond acceptors (Lipinski definition) is 4. The summed E-state index contributed by atoms with van der Waals surface area (Å²) in [4.78, 5) is 29.2. The van der Waals surface area contributed by atoms with Crippen molar-refractivity contribution < 1.29 is 14.3 Å². The monoisotopic (exact) mass is 473 g/mol. The lowest BCUT2D eigenvalue weighted by atomic mass is 10.0. The smallest absolute Gasteiger partial charge is 0.321 e. The van der Waals surface area contributed by atoms with E-state index < -0.39 is 0 Å². The van der Waals surface area contributed by atoms with Crippen molar-refractivity contribution in [2.45, 2.75) is 31.1 Å². The van der Waals surface area contributed by atoms with E-state index in [-0.39, 0.29) is 23.4 Å². The van der Waals surface area contributed by atoms with Crippen LogP contribution >= 0.6 is 23.4 Å². The summed E-state index contributed by atoms with van der Waals surface area (Å²) in [6, 6.07) is 14.9. The molecule has 0 radical (unpaired) electrons. The Morgan fingerprint density at radius 3 is 2.41 bits per heavy atom. The lowest BCUT2D eigenvalue weighted by Gasteiger charge is -2.43. The van der Waals surface area contributed by atoms with Crippen LogP contribution in [0.1, 0.15) is 25.3 Å². The SMILES string of the molecule is CCc1ccc(NC(=O)N2CCC3(CC2)SCCN3C(=O)COc2ccc(Cl)cc2)cc1. The number of anilines is 1. The van der Waals surface area contributed by atoms with E-state index in [1.165, 1.54) is 5.56 Å². The largest absolute Gasteiger partial charge is 0.484 e. The fraction of sp³-hybridized carbons (Fsp3) is 0.417. The minimum absolute atomic E-state index is 0.00188. The number of piperidine rings is 1. The molecule has 0 aliphatic carbocycles. The van der Waals surface area contributed by atoms with Gasteiger partial charge in [-0.15, -0.1) is 11.8 Å². The van der Waals surface area contributed by atoms with Gasteiger partial charge in [-0.2, -0.15) is 0 Å². The number of rotatable bonds is 5. The van der Waals surface area contributed by atoms with Crippen LogP contribution in [-0.2, 0) is 11.2 Å². The summed E-state index contributed by atoms with van der Waals surface area (Å²) < 4.78 is 5.68. The van der Waals surface area contributed by atoms with E-state index in [2.05, 4.69) is 12.2 Å². The van der Waals surface area contributed by atoms with Crippen molar-refractivity contribution in [2.75, 3.05) is 37.3 Å². The van der Waals surface area contributed by atoms with Gasteiger partial charge in [0.25, 0.3) is 5.91 Å². The molecule has 6 nitrogen and oxygen atoms in total. The topological polar surface area (TPSA) is 61.9 Å². The van der Waals surface area contributed by atoms with Crippen molar-refractivity contribution in [2.24, 2.45) is 0 Å². The van der Waals surface area contributed by atoms with Crippen LogP contribution < -0.4 is 10.1 Å².